The minimum atomic E-state index is -2.46. The molecule has 0 bridgehead atoms. The van der Waals surface area contributed by atoms with Crippen molar-refractivity contribution in [2.45, 2.75) is 20.3 Å². The van der Waals surface area contributed by atoms with E-state index < -0.39 is 6.43 Å². The molecule has 0 aliphatic carbocycles. The van der Waals surface area contributed by atoms with Crippen molar-refractivity contribution in [3.05, 3.63) is 41.1 Å². The van der Waals surface area contributed by atoms with Crippen LogP contribution < -0.4 is 5.73 Å². The van der Waals surface area contributed by atoms with Crippen LogP contribution in [0.4, 0.5) is 14.5 Å². The van der Waals surface area contributed by atoms with E-state index >= 15 is 0 Å². The number of aromatic nitrogens is 2. The third-order valence-corrected chi connectivity index (χ3v) is 2.89. The van der Waals surface area contributed by atoms with Crippen LogP contribution in [0.3, 0.4) is 0 Å². The fourth-order valence-corrected chi connectivity index (χ4v) is 1.71. The molecular formula is C13H13F2N3. The van der Waals surface area contributed by atoms with Gasteiger partial charge < -0.3 is 5.73 Å². The lowest BCUT2D eigenvalue weighted by Gasteiger charge is -2.09. The Morgan fingerprint density at radius 3 is 2.22 bits per heavy atom. The van der Waals surface area contributed by atoms with Crippen LogP contribution in [0.5, 0.6) is 0 Å². The molecule has 0 atom stereocenters. The van der Waals surface area contributed by atoms with Crippen molar-refractivity contribution in [2.24, 2.45) is 0 Å². The van der Waals surface area contributed by atoms with Gasteiger partial charge in [-0.1, -0.05) is 24.3 Å². The molecule has 2 N–H and O–H groups in total. The van der Waals surface area contributed by atoms with Gasteiger partial charge in [0.2, 0.25) is 0 Å². The van der Waals surface area contributed by atoms with E-state index in [1.807, 2.05) is 6.92 Å². The number of nitrogens with zero attached hydrogens (tertiary/aromatic N) is 2. The van der Waals surface area contributed by atoms with E-state index in [1.165, 1.54) is 12.1 Å². The average Bonchev–Trinajstić information content (AvgIpc) is 2.36. The van der Waals surface area contributed by atoms with Gasteiger partial charge in [-0.25, -0.2) is 8.78 Å². The summed E-state index contributed by atoms with van der Waals surface area (Å²) >= 11 is 0. The lowest BCUT2D eigenvalue weighted by atomic mass is 10.0. The number of hydrogen-bond donors (Lipinski definition) is 1. The normalized spacial score (nSPS) is 10.9. The van der Waals surface area contributed by atoms with Crippen LogP contribution in [-0.2, 0) is 0 Å². The molecule has 0 fully saturated rings. The van der Waals surface area contributed by atoms with Gasteiger partial charge in [0.25, 0.3) is 6.43 Å². The fourth-order valence-electron chi connectivity index (χ4n) is 1.71. The summed E-state index contributed by atoms with van der Waals surface area (Å²) in [6.07, 6.45) is -2.46. The van der Waals surface area contributed by atoms with Gasteiger partial charge in [-0.15, -0.1) is 5.10 Å². The summed E-state index contributed by atoms with van der Waals surface area (Å²) in [6, 6.07) is 5.98. The molecule has 18 heavy (non-hydrogen) atoms. The molecule has 0 unspecified atom stereocenters. The quantitative estimate of drug-likeness (QED) is 0.888. The molecule has 0 aliphatic rings. The van der Waals surface area contributed by atoms with Crippen molar-refractivity contribution in [2.75, 3.05) is 5.73 Å². The molecule has 0 aliphatic heterocycles. The van der Waals surface area contributed by atoms with Gasteiger partial charge in [0.05, 0.1) is 17.1 Å². The van der Waals surface area contributed by atoms with E-state index in [1.54, 1.807) is 19.1 Å². The second-order valence-corrected chi connectivity index (χ2v) is 4.10. The smallest absolute Gasteiger partial charge is 0.263 e. The Bertz CT molecular complexity index is 565. The maximum absolute atomic E-state index is 12.4. The largest absolute Gasteiger partial charge is 0.397 e. The van der Waals surface area contributed by atoms with Crippen molar-refractivity contribution in [1.29, 1.82) is 0 Å². The highest BCUT2D eigenvalue weighted by Gasteiger charge is 2.11. The Hall–Kier alpha value is -2.04. The Morgan fingerprint density at radius 2 is 1.67 bits per heavy atom. The molecule has 1 aromatic carbocycles. The standard InChI is InChI=1S/C13H13F2N3/c1-7-11(16)8(2)17-18-12(7)9-3-5-10(6-4-9)13(14)15/h3-6,13H,1-2H3,(H2,16,18). The van der Waals surface area contributed by atoms with E-state index in [-0.39, 0.29) is 5.56 Å². The lowest BCUT2D eigenvalue weighted by molar-refractivity contribution is 0.151. The van der Waals surface area contributed by atoms with Crippen LogP contribution in [-0.4, -0.2) is 10.2 Å². The van der Waals surface area contributed by atoms with Crippen LogP contribution in [0.2, 0.25) is 0 Å². The molecule has 1 heterocycles. The molecule has 3 nitrogen and oxygen atoms in total. The van der Waals surface area contributed by atoms with E-state index in [9.17, 15) is 8.78 Å². The molecule has 94 valence electrons. The van der Waals surface area contributed by atoms with Crippen LogP contribution in [0.15, 0.2) is 24.3 Å². The van der Waals surface area contributed by atoms with Crippen molar-refractivity contribution in [1.82, 2.24) is 10.2 Å². The first-order valence-electron chi connectivity index (χ1n) is 5.48. The van der Waals surface area contributed by atoms with Gasteiger partial charge in [0.1, 0.15) is 0 Å². The molecule has 0 saturated heterocycles. The number of halogens is 2. The number of aryl methyl sites for hydroxylation is 1. The molecule has 5 heteroatoms. The predicted molar refractivity (Wildman–Crippen MR) is 66.3 cm³/mol. The number of anilines is 1. The molecule has 2 rings (SSSR count). The number of benzene rings is 1. The van der Waals surface area contributed by atoms with Crippen molar-refractivity contribution >= 4 is 5.69 Å². The number of rotatable bonds is 2. The summed E-state index contributed by atoms with van der Waals surface area (Å²) in [5.41, 5.74) is 9.28. The molecule has 0 radical (unpaired) electrons. The van der Waals surface area contributed by atoms with E-state index in [0.717, 1.165) is 11.1 Å². The number of nitrogens with two attached hydrogens (primary N) is 1. The maximum atomic E-state index is 12.4. The number of hydrogen-bond acceptors (Lipinski definition) is 3. The lowest BCUT2D eigenvalue weighted by Crippen LogP contribution is -2.02. The van der Waals surface area contributed by atoms with E-state index in [4.69, 9.17) is 5.73 Å². The molecule has 2 aromatic rings. The maximum Gasteiger partial charge on any atom is 0.263 e. The zero-order valence-corrected chi connectivity index (χ0v) is 10.1. The second-order valence-electron chi connectivity index (χ2n) is 4.10. The van der Waals surface area contributed by atoms with Crippen molar-refractivity contribution in [3.8, 4) is 11.3 Å². The van der Waals surface area contributed by atoms with Crippen LogP contribution >= 0.6 is 0 Å². The highest BCUT2D eigenvalue weighted by molar-refractivity contribution is 5.69. The molecule has 1 aromatic heterocycles. The van der Waals surface area contributed by atoms with Gasteiger partial charge in [-0.05, 0) is 13.8 Å². The minimum absolute atomic E-state index is 0.00977. The van der Waals surface area contributed by atoms with E-state index in [2.05, 4.69) is 10.2 Å². The minimum Gasteiger partial charge on any atom is -0.397 e. The van der Waals surface area contributed by atoms with Crippen molar-refractivity contribution in [3.63, 3.8) is 0 Å². The SMILES string of the molecule is Cc1nnc(-c2ccc(C(F)F)cc2)c(C)c1N. The summed E-state index contributed by atoms with van der Waals surface area (Å²) in [4.78, 5) is 0. The molecule has 0 saturated carbocycles. The summed E-state index contributed by atoms with van der Waals surface area (Å²) in [6.45, 7) is 3.62. The fraction of sp³-hybridized carbons (Fsp3) is 0.231. The second kappa shape index (κ2) is 4.68. The van der Waals surface area contributed by atoms with Gasteiger partial charge in [0.15, 0.2) is 0 Å². The summed E-state index contributed by atoms with van der Waals surface area (Å²) in [5, 5.41) is 8.02. The first-order chi connectivity index (χ1) is 8.50. The number of nitrogen functional groups attached to an aromatic ring is 1. The zero-order valence-electron chi connectivity index (χ0n) is 10.1. The molecular weight excluding hydrogens is 236 g/mol. The average molecular weight is 249 g/mol. The van der Waals surface area contributed by atoms with Gasteiger partial charge in [0, 0.05) is 16.7 Å². The number of alkyl halides is 2. The molecule has 0 spiro atoms. The van der Waals surface area contributed by atoms with Gasteiger partial charge in [-0.2, -0.15) is 5.10 Å². The zero-order chi connectivity index (χ0) is 13.3. The Morgan fingerprint density at radius 1 is 1.06 bits per heavy atom. The summed E-state index contributed by atoms with van der Waals surface area (Å²) in [5.74, 6) is 0. The highest BCUT2D eigenvalue weighted by Crippen LogP contribution is 2.27. The topological polar surface area (TPSA) is 51.8 Å². The van der Waals surface area contributed by atoms with Crippen molar-refractivity contribution < 1.29 is 8.78 Å². The summed E-state index contributed by atoms with van der Waals surface area (Å²) < 4.78 is 24.9. The third-order valence-electron chi connectivity index (χ3n) is 2.89. The van der Waals surface area contributed by atoms with Gasteiger partial charge in [-0.3, -0.25) is 0 Å². The third kappa shape index (κ3) is 2.16. The highest BCUT2D eigenvalue weighted by atomic mass is 19.3. The molecule has 0 amide bonds. The first kappa shape index (κ1) is 12.4. The van der Waals surface area contributed by atoms with Crippen LogP contribution in [0.25, 0.3) is 11.3 Å². The Kier molecular flexibility index (Phi) is 3.23. The Balaban J connectivity index is 2.46. The Labute approximate surface area is 104 Å². The van der Waals surface area contributed by atoms with Crippen LogP contribution in [0, 0.1) is 13.8 Å². The van der Waals surface area contributed by atoms with Gasteiger partial charge >= 0.3 is 0 Å². The summed E-state index contributed by atoms with van der Waals surface area (Å²) in [7, 11) is 0. The first-order valence-corrected chi connectivity index (χ1v) is 5.48. The monoisotopic (exact) mass is 249 g/mol. The predicted octanol–water partition coefficient (Wildman–Crippen LogP) is 3.28. The van der Waals surface area contributed by atoms with Crippen LogP contribution in [0.1, 0.15) is 23.2 Å². The van der Waals surface area contributed by atoms with E-state index in [0.29, 0.717) is 17.1 Å².